The maximum atomic E-state index is 13.4. The van der Waals surface area contributed by atoms with Crippen LogP contribution in [0.25, 0.3) is 0 Å². The highest BCUT2D eigenvalue weighted by Gasteiger charge is 2.33. The summed E-state index contributed by atoms with van der Waals surface area (Å²) in [6.07, 6.45) is 0. The fourth-order valence-electron chi connectivity index (χ4n) is 2.95. The minimum Gasteiger partial charge on any atom is -0.207 e. The molecule has 0 aromatic heterocycles. The Kier molecular flexibility index (Phi) is 5.40. The summed E-state index contributed by atoms with van der Waals surface area (Å²) in [5, 5.41) is 0. The molecular weight excluding hydrogens is 391 g/mol. The van der Waals surface area contributed by atoms with Gasteiger partial charge in [0.05, 0.1) is 9.79 Å². The van der Waals surface area contributed by atoms with Crippen molar-refractivity contribution in [1.82, 2.24) is 8.61 Å². The lowest BCUT2D eigenvalue weighted by Crippen LogP contribution is -2.50. The van der Waals surface area contributed by atoms with Crippen molar-refractivity contribution in [3.63, 3.8) is 0 Å². The number of nitrogens with zero attached hydrogens (tertiary/aromatic N) is 2. The van der Waals surface area contributed by atoms with E-state index in [4.69, 9.17) is 0 Å². The van der Waals surface area contributed by atoms with E-state index in [1.807, 2.05) is 13.8 Å². The molecule has 0 unspecified atom stereocenters. The summed E-state index contributed by atoms with van der Waals surface area (Å²) in [4.78, 5) is 0.0694. The molecule has 146 valence electrons. The molecule has 3 rings (SSSR count). The van der Waals surface area contributed by atoms with E-state index in [1.54, 1.807) is 18.2 Å². The highest BCUT2D eigenvalue weighted by Crippen LogP contribution is 2.23. The Bertz CT molecular complexity index is 1060. The molecule has 6 nitrogen and oxygen atoms in total. The first-order valence-electron chi connectivity index (χ1n) is 8.45. The minimum atomic E-state index is -3.86. The van der Waals surface area contributed by atoms with Gasteiger partial charge in [-0.25, -0.2) is 21.2 Å². The fourth-order valence-corrected chi connectivity index (χ4v) is 5.91. The van der Waals surface area contributed by atoms with Gasteiger partial charge < -0.3 is 0 Å². The van der Waals surface area contributed by atoms with E-state index in [2.05, 4.69) is 0 Å². The third-order valence-electron chi connectivity index (χ3n) is 4.75. The molecule has 9 heteroatoms. The van der Waals surface area contributed by atoms with Crippen LogP contribution in [0.5, 0.6) is 0 Å². The van der Waals surface area contributed by atoms with Crippen LogP contribution < -0.4 is 0 Å². The van der Waals surface area contributed by atoms with Gasteiger partial charge in [0.15, 0.2) is 0 Å². The molecule has 1 aliphatic rings. The first kappa shape index (κ1) is 19.9. The molecular formula is C18H21FN2O4S2. The third-order valence-corrected chi connectivity index (χ3v) is 8.54. The second-order valence-electron chi connectivity index (χ2n) is 6.51. The zero-order chi connectivity index (χ0) is 19.8. The van der Waals surface area contributed by atoms with Crippen LogP contribution in [0.2, 0.25) is 0 Å². The van der Waals surface area contributed by atoms with E-state index in [-0.39, 0.29) is 36.0 Å². The predicted molar refractivity (Wildman–Crippen MR) is 99.8 cm³/mol. The minimum absolute atomic E-state index is 0.0168. The molecule has 1 fully saturated rings. The number of hydrogen-bond acceptors (Lipinski definition) is 4. The van der Waals surface area contributed by atoms with Crippen LogP contribution in [0, 0.1) is 19.7 Å². The average Bonchev–Trinajstić information content (AvgIpc) is 2.64. The molecule has 0 bridgehead atoms. The fraction of sp³-hybridized carbons (Fsp3) is 0.333. The van der Waals surface area contributed by atoms with Gasteiger partial charge in [-0.2, -0.15) is 8.61 Å². The molecule has 2 aromatic carbocycles. The molecule has 0 radical (unpaired) electrons. The average molecular weight is 413 g/mol. The van der Waals surface area contributed by atoms with Crippen molar-refractivity contribution in [3.05, 3.63) is 59.4 Å². The standard InChI is InChI=1S/C18H21FN2O4S2/c1-14-6-7-18(12-15(14)2)27(24,25)21-10-8-20(9-11-21)26(22,23)17-5-3-4-16(19)13-17/h3-7,12-13H,8-11H2,1-2H3. The molecule has 0 saturated carbocycles. The van der Waals surface area contributed by atoms with E-state index in [1.165, 1.54) is 26.8 Å². The summed E-state index contributed by atoms with van der Waals surface area (Å²) in [5.41, 5.74) is 1.88. The first-order valence-corrected chi connectivity index (χ1v) is 11.3. The lowest BCUT2D eigenvalue weighted by molar-refractivity contribution is 0.272. The smallest absolute Gasteiger partial charge is 0.207 e. The zero-order valence-electron chi connectivity index (χ0n) is 15.1. The van der Waals surface area contributed by atoms with Gasteiger partial charge in [-0.3, -0.25) is 0 Å². The topological polar surface area (TPSA) is 74.8 Å². The number of halogens is 1. The molecule has 2 aromatic rings. The van der Waals surface area contributed by atoms with Crippen LogP contribution in [0.3, 0.4) is 0 Å². The second kappa shape index (κ2) is 7.31. The zero-order valence-corrected chi connectivity index (χ0v) is 16.7. The monoisotopic (exact) mass is 412 g/mol. The highest BCUT2D eigenvalue weighted by molar-refractivity contribution is 7.89. The van der Waals surface area contributed by atoms with Crippen LogP contribution in [0.15, 0.2) is 52.3 Å². The molecule has 1 heterocycles. The SMILES string of the molecule is Cc1ccc(S(=O)(=O)N2CCN(S(=O)(=O)c3cccc(F)c3)CC2)cc1C. The molecule has 27 heavy (non-hydrogen) atoms. The van der Waals surface area contributed by atoms with E-state index in [0.717, 1.165) is 17.2 Å². The van der Waals surface area contributed by atoms with Gasteiger partial charge in [-0.15, -0.1) is 0 Å². The van der Waals surface area contributed by atoms with Crippen LogP contribution in [0.4, 0.5) is 4.39 Å². The van der Waals surface area contributed by atoms with Crippen molar-refractivity contribution in [2.45, 2.75) is 23.6 Å². The van der Waals surface area contributed by atoms with E-state index < -0.39 is 25.9 Å². The molecule has 0 amide bonds. The Labute approximate surface area is 159 Å². The highest BCUT2D eigenvalue weighted by atomic mass is 32.2. The summed E-state index contributed by atoms with van der Waals surface area (Å²) in [7, 11) is -7.55. The Morgan fingerprint density at radius 2 is 1.26 bits per heavy atom. The van der Waals surface area contributed by atoms with Crippen molar-refractivity contribution < 1.29 is 21.2 Å². The summed E-state index contributed by atoms with van der Waals surface area (Å²) < 4.78 is 66.8. The number of piperazine rings is 1. The third kappa shape index (κ3) is 3.91. The van der Waals surface area contributed by atoms with Crippen molar-refractivity contribution >= 4 is 20.0 Å². The predicted octanol–water partition coefficient (Wildman–Crippen LogP) is 2.14. The van der Waals surface area contributed by atoms with Crippen LogP contribution >= 0.6 is 0 Å². The number of sulfonamides is 2. The summed E-state index contributed by atoms with van der Waals surface area (Å²) in [6.45, 7) is 3.87. The summed E-state index contributed by atoms with van der Waals surface area (Å²) >= 11 is 0. The van der Waals surface area contributed by atoms with E-state index in [0.29, 0.717) is 0 Å². The van der Waals surface area contributed by atoms with E-state index in [9.17, 15) is 21.2 Å². The summed E-state index contributed by atoms with van der Waals surface area (Å²) in [5.74, 6) is -0.632. The molecule has 0 spiro atoms. The maximum absolute atomic E-state index is 13.4. The lowest BCUT2D eigenvalue weighted by Gasteiger charge is -2.33. The first-order chi connectivity index (χ1) is 12.6. The molecule has 0 N–H and O–H groups in total. The molecule has 0 atom stereocenters. The van der Waals surface area contributed by atoms with Gasteiger partial charge in [0, 0.05) is 26.2 Å². The van der Waals surface area contributed by atoms with Crippen LogP contribution in [-0.4, -0.2) is 51.6 Å². The van der Waals surface area contributed by atoms with Gasteiger partial charge >= 0.3 is 0 Å². The van der Waals surface area contributed by atoms with Crippen molar-refractivity contribution in [2.75, 3.05) is 26.2 Å². The molecule has 1 saturated heterocycles. The largest absolute Gasteiger partial charge is 0.243 e. The number of benzene rings is 2. The normalized spacial score (nSPS) is 17.1. The maximum Gasteiger partial charge on any atom is 0.243 e. The Morgan fingerprint density at radius 3 is 1.74 bits per heavy atom. The van der Waals surface area contributed by atoms with E-state index >= 15 is 0 Å². The molecule has 0 aliphatic carbocycles. The Hall–Kier alpha value is -1.81. The number of hydrogen-bond donors (Lipinski definition) is 0. The van der Waals surface area contributed by atoms with Crippen LogP contribution in [0.1, 0.15) is 11.1 Å². The Balaban J connectivity index is 1.77. The number of rotatable bonds is 4. The summed E-state index contributed by atoms with van der Waals surface area (Å²) in [6, 6.07) is 9.75. The van der Waals surface area contributed by atoms with Gasteiger partial charge in [-0.05, 0) is 55.3 Å². The van der Waals surface area contributed by atoms with Crippen molar-refractivity contribution in [3.8, 4) is 0 Å². The van der Waals surface area contributed by atoms with Gasteiger partial charge in [-0.1, -0.05) is 12.1 Å². The van der Waals surface area contributed by atoms with Crippen molar-refractivity contribution in [2.24, 2.45) is 0 Å². The van der Waals surface area contributed by atoms with Gasteiger partial charge in [0.25, 0.3) is 0 Å². The Morgan fingerprint density at radius 1 is 0.741 bits per heavy atom. The van der Waals surface area contributed by atoms with Crippen LogP contribution in [-0.2, 0) is 20.0 Å². The van der Waals surface area contributed by atoms with Gasteiger partial charge in [0.2, 0.25) is 20.0 Å². The second-order valence-corrected chi connectivity index (χ2v) is 10.4. The lowest BCUT2D eigenvalue weighted by atomic mass is 10.1. The quantitative estimate of drug-likeness (QED) is 0.771. The number of aryl methyl sites for hydroxylation is 2. The molecule has 1 aliphatic heterocycles. The van der Waals surface area contributed by atoms with Crippen molar-refractivity contribution in [1.29, 1.82) is 0 Å². The van der Waals surface area contributed by atoms with Gasteiger partial charge in [0.1, 0.15) is 5.82 Å².